The lowest BCUT2D eigenvalue weighted by Crippen LogP contribution is -2.15. The average molecular weight is 317 g/mol. The maximum atomic E-state index is 12.2. The van der Waals surface area contributed by atoms with Crippen molar-refractivity contribution in [2.24, 2.45) is 0 Å². The highest BCUT2D eigenvalue weighted by Crippen LogP contribution is 2.21. The minimum Gasteiger partial charge on any atom is -0.382 e. The number of nitriles is 1. The molecule has 6 heteroatoms. The van der Waals surface area contributed by atoms with E-state index in [1.165, 1.54) is 4.68 Å². The second-order valence-corrected chi connectivity index (χ2v) is 5.16. The van der Waals surface area contributed by atoms with Crippen LogP contribution < -0.4 is 11.1 Å². The number of para-hydroxylation sites is 2. The van der Waals surface area contributed by atoms with E-state index in [0.29, 0.717) is 11.4 Å². The van der Waals surface area contributed by atoms with Gasteiger partial charge in [0.15, 0.2) is 0 Å². The van der Waals surface area contributed by atoms with Gasteiger partial charge in [0.25, 0.3) is 0 Å². The summed E-state index contributed by atoms with van der Waals surface area (Å²) in [5.74, 6) is -0.0263. The molecular formula is C18H15N5O. The summed E-state index contributed by atoms with van der Waals surface area (Å²) in [7, 11) is 0. The molecule has 1 amide bonds. The van der Waals surface area contributed by atoms with E-state index in [1.807, 2.05) is 54.6 Å². The Hall–Kier alpha value is -3.59. The summed E-state index contributed by atoms with van der Waals surface area (Å²) in [6.45, 7) is 0. The van der Waals surface area contributed by atoms with Crippen LogP contribution in [-0.4, -0.2) is 15.7 Å². The first-order valence-corrected chi connectivity index (χ1v) is 7.37. The Morgan fingerprint density at radius 3 is 2.38 bits per heavy atom. The van der Waals surface area contributed by atoms with Gasteiger partial charge in [-0.2, -0.15) is 10.4 Å². The molecule has 0 aliphatic rings. The first kappa shape index (κ1) is 15.3. The van der Waals surface area contributed by atoms with Crippen LogP contribution in [0.4, 0.5) is 11.5 Å². The molecule has 1 aromatic heterocycles. The molecule has 0 saturated carbocycles. The second-order valence-electron chi connectivity index (χ2n) is 5.16. The van der Waals surface area contributed by atoms with Crippen LogP contribution in [0.3, 0.4) is 0 Å². The fourth-order valence-corrected chi connectivity index (χ4v) is 2.37. The van der Waals surface area contributed by atoms with Crippen LogP contribution in [-0.2, 0) is 11.2 Å². The number of hydrogen-bond acceptors (Lipinski definition) is 4. The Morgan fingerprint density at radius 2 is 1.75 bits per heavy atom. The third-order valence-corrected chi connectivity index (χ3v) is 3.49. The SMILES string of the molecule is N#Cc1c(CC(=O)Nc2ccccc2)nn(-c2ccccc2)c1N. The van der Waals surface area contributed by atoms with Crippen molar-refractivity contribution in [2.45, 2.75) is 6.42 Å². The molecule has 0 saturated heterocycles. The van der Waals surface area contributed by atoms with Gasteiger partial charge in [-0.3, -0.25) is 4.79 Å². The first-order chi connectivity index (χ1) is 11.7. The lowest BCUT2D eigenvalue weighted by Gasteiger charge is -2.03. The molecule has 3 rings (SSSR count). The Morgan fingerprint density at radius 1 is 1.12 bits per heavy atom. The van der Waals surface area contributed by atoms with Gasteiger partial charge in [-0.1, -0.05) is 36.4 Å². The maximum absolute atomic E-state index is 12.2. The Kier molecular flexibility index (Phi) is 4.25. The summed E-state index contributed by atoms with van der Waals surface area (Å²) in [5, 5.41) is 16.5. The van der Waals surface area contributed by atoms with Crippen molar-refractivity contribution in [2.75, 3.05) is 11.1 Å². The standard InChI is InChI=1S/C18H15N5O/c19-12-15-16(11-17(24)21-13-7-3-1-4-8-13)22-23(18(15)20)14-9-5-2-6-10-14/h1-10H,11,20H2,(H,21,24). The Balaban J connectivity index is 1.86. The van der Waals surface area contributed by atoms with Crippen LogP contribution in [0.2, 0.25) is 0 Å². The van der Waals surface area contributed by atoms with Crippen molar-refractivity contribution in [1.82, 2.24) is 9.78 Å². The van der Waals surface area contributed by atoms with Gasteiger partial charge in [-0.05, 0) is 24.3 Å². The molecule has 118 valence electrons. The van der Waals surface area contributed by atoms with Crippen molar-refractivity contribution in [3.8, 4) is 11.8 Å². The lowest BCUT2D eigenvalue weighted by molar-refractivity contribution is -0.115. The Labute approximate surface area is 139 Å². The number of nitrogens with one attached hydrogen (secondary N) is 1. The number of carbonyl (C=O) groups is 1. The first-order valence-electron chi connectivity index (χ1n) is 7.37. The van der Waals surface area contributed by atoms with E-state index in [4.69, 9.17) is 5.73 Å². The van der Waals surface area contributed by atoms with Gasteiger partial charge in [0, 0.05) is 5.69 Å². The molecule has 0 radical (unpaired) electrons. The molecule has 3 aromatic rings. The predicted octanol–water partition coefficient (Wildman–Crippen LogP) is 2.51. The van der Waals surface area contributed by atoms with Crippen LogP contribution in [0.15, 0.2) is 60.7 Å². The third kappa shape index (κ3) is 3.10. The van der Waals surface area contributed by atoms with Crippen LogP contribution in [0.1, 0.15) is 11.3 Å². The molecule has 0 fully saturated rings. The van der Waals surface area contributed by atoms with Gasteiger partial charge in [-0.25, -0.2) is 4.68 Å². The zero-order valence-electron chi connectivity index (χ0n) is 12.8. The molecular weight excluding hydrogens is 302 g/mol. The number of nitrogens with two attached hydrogens (primary N) is 1. The van der Waals surface area contributed by atoms with Crippen molar-refractivity contribution in [1.29, 1.82) is 5.26 Å². The van der Waals surface area contributed by atoms with Gasteiger partial charge in [0.2, 0.25) is 5.91 Å². The number of benzene rings is 2. The zero-order valence-corrected chi connectivity index (χ0v) is 12.8. The average Bonchev–Trinajstić information content (AvgIpc) is 2.91. The van der Waals surface area contributed by atoms with Gasteiger partial charge < -0.3 is 11.1 Å². The normalized spacial score (nSPS) is 10.1. The highest BCUT2D eigenvalue weighted by Gasteiger charge is 2.19. The van der Waals surface area contributed by atoms with Crippen LogP contribution >= 0.6 is 0 Å². The van der Waals surface area contributed by atoms with Gasteiger partial charge in [-0.15, -0.1) is 0 Å². The summed E-state index contributed by atoms with van der Waals surface area (Å²) in [4.78, 5) is 12.2. The van der Waals surface area contributed by atoms with E-state index < -0.39 is 0 Å². The van der Waals surface area contributed by atoms with E-state index in [-0.39, 0.29) is 23.7 Å². The minimum atomic E-state index is -0.254. The van der Waals surface area contributed by atoms with Crippen molar-refractivity contribution in [3.63, 3.8) is 0 Å². The molecule has 2 aromatic carbocycles. The summed E-state index contributed by atoms with van der Waals surface area (Å²) in [6.07, 6.45) is -0.0260. The molecule has 3 N–H and O–H groups in total. The molecule has 0 aliphatic heterocycles. The van der Waals surface area contributed by atoms with E-state index >= 15 is 0 Å². The smallest absolute Gasteiger partial charge is 0.230 e. The molecule has 0 spiro atoms. The van der Waals surface area contributed by atoms with E-state index in [2.05, 4.69) is 10.4 Å². The lowest BCUT2D eigenvalue weighted by atomic mass is 10.2. The van der Waals surface area contributed by atoms with Gasteiger partial charge in [0.1, 0.15) is 17.5 Å². The Bertz CT molecular complexity index is 894. The number of anilines is 2. The molecule has 0 atom stereocenters. The molecule has 0 aliphatic carbocycles. The van der Waals surface area contributed by atoms with Crippen LogP contribution in [0, 0.1) is 11.3 Å². The van der Waals surface area contributed by atoms with Gasteiger partial charge in [0.05, 0.1) is 17.8 Å². The molecule has 24 heavy (non-hydrogen) atoms. The highest BCUT2D eigenvalue weighted by atomic mass is 16.1. The number of nitrogen functional groups attached to an aromatic ring is 1. The van der Waals surface area contributed by atoms with Crippen molar-refractivity contribution < 1.29 is 4.79 Å². The topological polar surface area (TPSA) is 96.7 Å². The summed E-state index contributed by atoms with van der Waals surface area (Å²) in [5.41, 5.74) is 8.03. The number of carbonyl (C=O) groups excluding carboxylic acids is 1. The number of hydrogen-bond donors (Lipinski definition) is 2. The number of nitrogens with zero attached hydrogens (tertiary/aromatic N) is 3. The van der Waals surface area contributed by atoms with E-state index in [9.17, 15) is 10.1 Å². The van der Waals surface area contributed by atoms with Crippen molar-refractivity contribution in [3.05, 3.63) is 71.9 Å². The largest absolute Gasteiger partial charge is 0.382 e. The number of rotatable bonds is 4. The number of aromatic nitrogens is 2. The summed E-state index contributed by atoms with van der Waals surface area (Å²) >= 11 is 0. The fraction of sp³-hybridized carbons (Fsp3) is 0.0556. The maximum Gasteiger partial charge on any atom is 0.230 e. The highest BCUT2D eigenvalue weighted by molar-refractivity contribution is 5.92. The van der Waals surface area contributed by atoms with Gasteiger partial charge >= 0.3 is 0 Å². The van der Waals surface area contributed by atoms with Crippen LogP contribution in [0.5, 0.6) is 0 Å². The van der Waals surface area contributed by atoms with E-state index in [1.54, 1.807) is 12.1 Å². The number of amides is 1. The minimum absolute atomic E-state index is 0.0260. The fourth-order valence-electron chi connectivity index (χ4n) is 2.37. The molecule has 0 unspecified atom stereocenters. The zero-order chi connectivity index (χ0) is 16.9. The van der Waals surface area contributed by atoms with Crippen molar-refractivity contribution >= 4 is 17.4 Å². The second kappa shape index (κ2) is 6.67. The molecule has 6 nitrogen and oxygen atoms in total. The predicted molar refractivity (Wildman–Crippen MR) is 91.5 cm³/mol. The molecule has 1 heterocycles. The summed E-state index contributed by atoms with van der Waals surface area (Å²) < 4.78 is 1.48. The third-order valence-electron chi connectivity index (χ3n) is 3.49. The monoisotopic (exact) mass is 317 g/mol. The van der Waals surface area contributed by atoms with E-state index in [0.717, 1.165) is 5.69 Å². The quantitative estimate of drug-likeness (QED) is 0.772. The van der Waals surface area contributed by atoms with Crippen LogP contribution in [0.25, 0.3) is 5.69 Å². The summed E-state index contributed by atoms with van der Waals surface area (Å²) in [6, 6.07) is 20.4. The molecule has 0 bridgehead atoms.